The van der Waals surface area contributed by atoms with Crippen LogP contribution in [-0.2, 0) is 4.79 Å². The molecule has 1 spiro atoms. The van der Waals surface area contributed by atoms with Gasteiger partial charge in [0, 0.05) is 57.6 Å². The Morgan fingerprint density at radius 1 is 1.29 bits per heavy atom. The highest BCUT2D eigenvalue weighted by molar-refractivity contribution is 5.93. The van der Waals surface area contributed by atoms with E-state index in [-0.39, 0.29) is 17.4 Å². The first-order chi connectivity index (χ1) is 11.5. The average molecular weight is 332 g/mol. The molecule has 8 heteroatoms. The standard InChI is InChI=1S/C16H24N6O2/c1-17-15-19-9-12(10-20-15)14(24)22-8-7-21(2)16(11-22)4-3-13(23)18-6-5-16/h9-10H,3-8,11H2,1-2H3,(H,18,23)(H,17,19,20)/t16-/m0/s1. The number of amides is 2. The molecule has 2 aliphatic heterocycles. The monoisotopic (exact) mass is 332 g/mol. The van der Waals surface area contributed by atoms with Crippen LogP contribution in [0, 0.1) is 0 Å². The molecule has 1 atom stereocenters. The van der Waals surface area contributed by atoms with Gasteiger partial charge in [-0.15, -0.1) is 0 Å². The molecule has 1 aromatic rings. The Morgan fingerprint density at radius 3 is 2.75 bits per heavy atom. The van der Waals surface area contributed by atoms with E-state index in [0.717, 1.165) is 19.4 Å². The van der Waals surface area contributed by atoms with Crippen LogP contribution in [0.2, 0.25) is 0 Å². The summed E-state index contributed by atoms with van der Waals surface area (Å²) in [6.07, 6.45) is 5.25. The lowest BCUT2D eigenvalue weighted by Gasteiger charge is -2.49. The van der Waals surface area contributed by atoms with Gasteiger partial charge in [0.15, 0.2) is 0 Å². The first-order valence-electron chi connectivity index (χ1n) is 8.31. The van der Waals surface area contributed by atoms with Crippen molar-refractivity contribution in [2.45, 2.75) is 24.8 Å². The zero-order valence-electron chi connectivity index (χ0n) is 14.2. The minimum Gasteiger partial charge on any atom is -0.357 e. The second-order valence-corrected chi connectivity index (χ2v) is 6.52. The van der Waals surface area contributed by atoms with Crippen LogP contribution in [-0.4, -0.2) is 77.4 Å². The molecule has 2 amide bonds. The summed E-state index contributed by atoms with van der Waals surface area (Å²) in [6.45, 7) is 2.76. The first kappa shape index (κ1) is 16.6. The number of carbonyl (C=O) groups excluding carboxylic acids is 2. The summed E-state index contributed by atoms with van der Waals surface area (Å²) < 4.78 is 0. The predicted octanol–water partition coefficient (Wildman–Crippen LogP) is -0.0552. The van der Waals surface area contributed by atoms with E-state index < -0.39 is 0 Å². The number of nitrogens with one attached hydrogen (secondary N) is 2. The number of likely N-dealkylation sites (N-methyl/N-ethyl adjacent to an activating group) is 1. The molecular weight excluding hydrogens is 308 g/mol. The second kappa shape index (κ2) is 6.72. The maximum absolute atomic E-state index is 12.8. The maximum atomic E-state index is 12.8. The van der Waals surface area contributed by atoms with Crippen LogP contribution in [0.5, 0.6) is 0 Å². The van der Waals surface area contributed by atoms with E-state index in [1.807, 2.05) is 4.90 Å². The van der Waals surface area contributed by atoms with E-state index in [4.69, 9.17) is 0 Å². The van der Waals surface area contributed by atoms with E-state index in [1.54, 1.807) is 19.4 Å². The molecule has 0 radical (unpaired) electrons. The van der Waals surface area contributed by atoms with Crippen LogP contribution in [0.25, 0.3) is 0 Å². The van der Waals surface area contributed by atoms with Crippen LogP contribution >= 0.6 is 0 Å². The Balaban J connectivity index is 1.76. The second-order valence-electron chi connectivity index (χ2n) is 6.52. The maximum Gasteiger partial charge on any atom is 0.257 e. The van der Waals surface area contributed by atoms with Crippen LogP contribution < -0.4 is 10.6 Å². The van der Waals surface area contributed by atoms with Crippen molar-refractivity contribution in [3.05, 3.63) is 18.0 Å². The van der Waals surface area contributed by atoms with Crippen LogP contribution in [0.4, 0.5) is 5.95 Å². The number of hydrogen-bond acceptors (Lipinski definition) is 6. The fourth-order valence-corrected chi connectivity index (χ4v) is 3.52. The summed E-state index contributed by atoms with van der Waals surface area (Å²) in [5, 5.41) is 5.77. The van der Waals surface area contributed by atoms with E-state index in [1.165, 1.54) is 0 Å². The van der Waals surface area contributed by atoms with Crippen molar-refractivity contribution in [1.29, 1.82) is 0 Å². The highest BCUT2D eigenvalue weighted by Gasteiger charge is 2.42. The number of hydrogen-bond donors (Lipinski definition) is 2. The summed E-state index contributed by atoms with van der Waals surface area (Å²) in [5.41, 5.74) is 0.357. The molecular formula is C16H24N6O2. The summed E-state index contributed by atoms with van der Waals surface area (Å²) in [5.74, 6) is 0.545. The molecule has 0 unspecified atom stereocenters. The van der Waals surface area contributed by atoms with Gasteiger partial charge in [0.05, 0.1) is 5.56 Å². The molecule has 1 aromatic heterocycles. The van der Waals surface area contributed by atoms with Gasteiger partial charge in [0.1, 0.15) is 0 Å². The molecule has 2 fully saturated rings. The first-order valence-corrected chi connectivity index (χ1v) is 8.31. The van der Waals surface area contributed by atoms with Crippen molar-refractivity contribution in [3.63, 3.8) is 0 Å². The summed E-state index contributed by atoms with van der Waals surface area (Å²) in [6, 6.07) is 0. The van der Waals surface area contributed by atoms with Gasteiger partial charge in [0.25, 0.3) is 5.91 Å². The Labute approximate surface area is 141 Å². The van der Waals surface area contributed by atoms with Crippen LogP contribution in [0.15, 0.2) is 12.4 Å². The van der Waals surface area contributed by atoms with Crippen molar-refractivity contribution >= 4 is 17.8 Å². The number of aromatic nitrogens is 2. The normalized spacial score (nSPS) is 25.2. The zero-order chi connectivity index (χ0) is 17.2. The lowest BCUT2D eigenvalue weighted by atomic mass is 9.86. The van der Waals surface area contributed by atoms with Gasteiger partial charge in [0.2, 0.25) is 11.9 Å². The minimum absolute atomic E-state index is 0.0475. The highest BCUT2D eigenvalue weighted by atomic mass is 16.2. The highest BCUT2D eigenvalue weighted by Crippen LogP contribution is 2.30. The molecule has 0 aliphatic carbocycles. The fraction of sp³-hybridized carbons (Fsp3) is 0.625. The molecule has 130 valence electrons. The zero-order valence-corrected chi connectivity index (χ0v) is 14.2. The van der Waals surface area contributed by atoms with E-state index in [2.05, 4.69) is 32.5 Å². The molecule has 3 heterocycles. The van der Waals surface area contributed by atoms with E-state index >= 15 is 0 Å². The number of rotatable bonds is 2. The Morgan fingerprint density at radius 2 is 2.04 bits per heavy atom. The third-order valence-corrected chi connectivity index (χ3v) is 5.14. The third kappa shape index (κ3) is 3.19. The molecule has 2 saturated heterocycles. The van der Waals surface area contributed by atoms with Gasteiger partial charge in [-0.05, 0) is 19.9 Å². The molecule has 8 nitrogen and oxygen atoms in total. The Kier molecular flexibility index (Phi) is 4.66. The van der Waals surface area contributed by atoms with Crippen molar-refractivity contribution in [1.82, 2.24) is 25.1 Å². The minimum atomic E-state index is -0.140. The predicted molar refractivity (Wildman–Crippen MR) is 89.7 cm³/mol. The van der Waals surface area contributed by atoms with Gasteiger partial charge in [-0.25, -0.2) is 9.97 Å². The molecule has 24 heavy (non-hydrogen) atoms. The van der Waals surface area contributed by atoms with Gasteiger partial charge in [-0.1, -0.05) is 0 Å². The molecule has 2 N–H and O–H groups in total. The van der Waals surface area contributed by atoms with Crippen molar-refractivity contribution < 1.29 is 9.59 Å². The van der Waals surface area contributed by atoms with Gasteiger partial charge in [-0.2, -0.15) is 0 Å². The quantitative estimate of drug-likeness (QED) is 0.789. The fourth-order valence-electron chi connectivity index (χ4n) is 3.52. The lowest BCUT2D eigenvalue weighted by Crippen LogP contribution is -2.62. The topological polar surface area (TPSA) is 90.5 Å². The van der Waals surface area contributed by atoms with Crippen molar-refractivity contribution in [3.8, 4) is 0 Å². The van der Waals surface area contributed by atoms with Crippen LogP contribution in [0.3, 0.4) is 0 Å². The third-order valence-electron chi connectivity index (χ3n) is 5.14. The van der Waals surface area contributed by atoms with Gasteiger partial charge < -0.3 is 15.5 Å². The van der Waals surface area contributed by atoms with Gasteiger partial charge >= 0.3 is 0 Å². The molecule has 0 aromatic carbocycles. The molecule has 3 rings (SSSR count). The van der Waals surface area contributed by atoms with E-state index in [9.17, 15) is 9.59 Å². The van der Waals surface area contributed by atoms with Gasteiger partial charge in [-0.3, -0.25) is 14.5 Å². The average Bonchev–Trinajstić information content (AvgIpc) is 2.79. The van der Waals surface area contributed by atoms with Crippen LogP contribution in [0.1, 0.15) is 29.6 Å². The summed E-state index contributed by atoms with van der Waals surface area (Å²) >= 11 is 0. The summed E-state index contributed by atoms with van der Waals surface area (Å²) in [7, 11) is 3.82. The molecule has 2 aliphatic rings. The Bertz CT molecular complexity index is 619. The number of anilines is 1. The van der Waals surface area contributed by atoms with Crippen molar-refractivity contribution in [2.24, 2.45) is 0 Å². The molecule has 0 saturated carbocycles. The SMILES string of the molecule is CNc1ncc(C(=O)N2CCN(C)[C@@]3(CCNC(=O)CC3)C2)cn1. The van der Waals surface area contributed by atoms with E-state index in [0.29, 0.717) is 37.6 Å². The summed E-state index contributed by atoms with van der Waals surface area (Å²) in [4.78, 5) is 36.9. The molecule has 0 bridgehead atoms. The number of piperazine rings is 1. The number of nitrogens with zero attached hydrogens (tertiary/aromatic N) is 4. The number of carbonyl (C=O) groups is 2. The van der Waals surface area contributed by atoms with Crippen molar-refractivity contribution in [2.75, 3.05) is 45.6 Å². The largest absolute Gasteiger partial charge is 0.357 e. The smallest absolute Gasteiger partial charge is 0.257 e. The lowest BCUT2D eigenvalue weighted by molar-refractivity contribution is -0.121. The Hall–Kier alpha value is -2.22.